The van der Waals surface area contributed by atoms with Gasteiger partial charge in [0.25, 0.3) is 5.91 Å². The van der Waals surface area contributed by atoms with E-state index in [4.69, 9.17) is 5.73 Å². The average molecular weight is 349 g/mol. The number of rotatable bonds is 2. The van der Waals surface area contributed by atoms with Crippen molar-refractivity contribution in [1.82, 2.24) is 24.8 Å². The van der Waals surface area contributed by atoms with Gasteiger partial charge in [-0.25, -0.2) is 15.0 Å². The number of pyridine rings is 2. The van der Waals surface area contributed by atoms with Crippen LogP contribution >= 0.6 is 0 Å². The summed E-state index contributed by atoms with van der Waals surface area (Å²) >= 11 is 0. The fourth-order valence-electron chi connectivity index (χ4n) is 3.21. The van der Waals surface area contributed by atoms with E-state index >= 15 is 0 Å². The first kappa shape index (κ1) is 16.2. The highest BCUT2D eigenvalue weighted by atomic mass is 16.2. The molecule has 0 atom stereocenters. The van der Waals surface area contributed by atoms with Crippen LogP contribution < -0.4 is 10.6 Å². The lowest BCUT2D eigenvalue weighted by atomic mass is 10.2. The highest BCUT2D eigenvalue weighted by Gasteiger charge is 2.22. The lowest BCUT2D eigenvalue weighted by molar-refractivity contribution is 0.0767. The predicted molar refractivity (Wildman–Crippen MR) is 98.7 cm³/mol. The molecular formula is C18H19N7O. The van der Waals surface area contributed by atoms with Crippen LogP contribution in [-0.2, 0) is 0 Å². The lowest BCUT2D eigenvalue weighted by Crippen LogP contribution is -2.35. The van der Waals surface area contributed by atoms with Crippen molar-refractivity contribution in [3.05, 3.63) is 48.5 Å². The Bertz CT molecular complexity index is 931. The van der Waals surface area contributed by atoms with Gasteiger partial charge >= 0.3 is 0 Å². The second-order valence-corrected chi connectivity index (χ2v) is 6.17. The van der Waals surface area contributed by atoms with Crippen molar-refractivity contribution >= 4 is 28.6 Å². The van der Waals surface area contributed by atoms with E-state index in [1.165, 1.54) is 6.33 Å². The zero-order valence-electron chi connectivity index (χ0n) is 14.2. The molecule has 4 heterocycles. The molecule has 0 aliphatic carbocycles. The van der Waals surface area contributed by atoms with E-state index < -0.39 is 0 Å². The minimum absolute atomic E-state index is 0.0382. The Morgan fingerprint density at radius 1 is 1.00 bits per heavy atom. The van der Waals surface area contributed by atoms with Crippen LogP contribution in [0.5, 0.6) is 0 Å². The lowest BCUT2D eigenvalue weighted by Gasteiger charge is -2.23. The summed E-state index contributed by atoms with van der Waals surface area (Å²) in [6.45, 7) is 2.87. The van der Waals surface area contributed by atoms with Gasteiger partial charge in [-0.3, -0.25) is 9.78 Å². The molecule has 0 saturated carbocycles. The Morgan fingerprint density at radius 3 is 2.69 bits per heavy atom. The first-order valence-electron chi connectivity index (χ1n) is 8.54. The molecule has 8 heteroatoms. The first-order chi connectivity index (χ1) is 12.7. The number of fused-ring (bicyclic) bond motifs is 1. The maximum atomic E-state index is 12.7. The van der Waals surface area contributed by atoms with Gasteiger partial charge in [0.15, 0.2) is 5.65 Å². The molecule has 0 unspecified atom stereocenters. The topological polar surface area (TPSA) is 101 Å². The van der Waals surface area contributed by atoms with E-state index in [1.54, 1.807) is 30.6 Å². The number of aromatic nitrogens is 4. The van der Waals surface area contributed by atoms with Gasteiger partial charge in [-0.15, -0.1) is 0 Å². The van der Waals surface area contributed by atoms with Crippen molar-refractivity contribution in [2.75, 3.05) is 36.8 Å². The molecule has 3 aromatic rings. The summed E-state index contributed by atoms with van der Waals surface area (Å²) in [7, 11) is 0. The van der Waals surface area contributed by atoms with E-state index in [2.05, 4.69) is 24.8 Å². The molecule has 1 amide bonds. The van der Waals surface area contributed by atoms with Crippen LogP contribution in [0.2, 0.25) is 0 Å². The molecule has 1 saturated heterocycles. The molecule has 0 spiro atoms. The number of anilines is 2. The minimum Gasteiger partial charge on any atom is -0.384 e. The SMILES string of the molecule is Nc1ccc2c(N3CCCN(C(=O)c4ccncc4)CC3)ncnc2n1. The molecule has 1 aliphatic heterocycles. The summed E-state index contributed by atoms with van der Waals surface area (Å²) in [5.41, 5.74) is 7.00. The van der Waals surface area contributed by atoms with Gasteiger partial charge in [-0.1, -0.05) is 0 Å². The number of hydrogen-bond acceptors (Lipinski definition) is 7. The molecule has 132 valence electrons. The van der Waals surface area contributed by atoms with Crippen LogP contribution in [0, 0.1) is 0 Å². The molecule has 3 aromatic heterocycles. The summed E-state index contributed by atoms with van der Waals surface area (Å²) < 4.78 is 0. The van der Waals surface area contributed by atoms with E-state index in [0.29, 0.717) is 36.7 Å². The quantitative estimate of drug-likeness (QED) is 0.745. The Kier molecular flexibility index (Phi) is 4.30. The second kappa shape index (κ2) is 6.91. The Labute approximate surface area is 150 Å². The van der Waals surface area contributed by atoms with E-state index in [1.807, 2.05) is 11.0 Å². The van der Waals surface area contributed by atoms with Gasteiger partial charge in [-0.2, -0.15) is 0 Å². The third-order valence-electron chi connectivity index (χ3n) is 4.51. The molecule has 2 N–H and O–H groups in total. The summed E-state index contributed by atoms with van der Waals surface area (Å²) in [6.07, 6.45) is 5.66. The summed E-state index contributed by atoms with van der Waals surface area (Å²) in [5, 5.41) is 0.871. The Hall–Kier alpha value is -3.29. The van der Waals surface area contributed by atoms with Gasteiger partial charge in [0, 0.05) is 44.1 Å². The van der Waals surface area contributed by atoms with Crippen molar-refractivity contribution in [3.8, 4) is 0 Å². The number of carbonyl (C=O) groups is 1. The summed E-state index contributed by atoms with van der Waals surface area (Å²) in [6, 6.07) is 7.15. The normalized spacial score (nSPS) is 15.1. The van der Waals surface area contributed by atoms with Crippen molar-refractivity contribution in [2.24, 2.45) is 0 Å². The highest BCUT2D eigenvalue weighted by Crippen LogP contribution is 2.23. The van der Waals surface area contributed by atoms with E-state index in [9.17, 15) is 4.79 Å². The Morgan fingerprint density at radius 2 is 1.85 bits per heavy atom. The van der Waals surface area contributed by atoms with Gasteiger partial charge in [0.1, 0.15) is 18.0 Å². The predicted octanol–water partition coefficient (Wildman–Crippen LogP) is 1.35. The van der Waals surface area contributed by atoms with Crippen LogP contribution in [0.1, 0.15) is 16.8 Å². The molecule has 26 heavy (non-hydrogen) atoms. The number of nitrogen functional groups attached to an aromatic ring is 1. The van der Waals surface area contributed by atoms with Gasteiger partial charge in [0.2, 0.25) is 0 Å². The average Bonchev–Trinajstić information content (AvgIpc) is 2.93. The molecule has 0 radical (unpaired) electrons. The maximum absolute atomic E-state index is 12.7. The highest BCUT2D eigenvalue weighted by molar-refractivity contribution is 5.94. The molecule has 1 fully saturated rings. The van der Waals surface area contributed by atoms with Gasteiger partial charge in [-0.05, 0) is 30.7 Å². The molecule has 0 aromatic carbocycles. The maximum Gasteiger partial charge on any atom is 0.254 e. The molecule has 0 bridgehead atoms. The molecule has 8 nitrogen and oxygen atoms in total. The second-order valence-electron chi connectivity index (χ2n) is 6.17. The summed E-state index contributed by atoms with van der Waals surface area (Å²) in [4.78, 5) is 33.6. The fraction of sp³-hybridized carbons (Fsp3) is 0.278. The summed E-state index contributed by atoms with van der Waals surface area (Å²) in [5.74, 6) is 1.31. The number of nitrogens with two attached hydrogens (primary N) is 1. The van der Waals surface area contributed by atoms with Crippen LogP contribution in [-0.4, -0.2) is 56.9 Å². The van der Waals surface area contributed by atoms with Crippen molar-refractivity contribution in [1.29, 1.82) is 0 Å². The van der Waals surface area contributed by atoms with Crippen molar-refractivity contribution < 1.29 is 4.79 Å². The minimum atomic E-state index is 0.0382. The van der Waals surface area contributed by atoms with E-state index in [0.717, 1.165) is 24.2 Å². The van der Waals surface area contributed by atoms with Gasteiger partial charge < -0.3 is 15.5 Å². The van der Waals surface area contributed by atoms with Crippen LogP contribution in [0.25, 0.3) is 11.0 Å². The third-order valence-corrected chi connectivity index (χ3v) is 4.51. The third kappa shape index (κ3) is 3.13. The van der Waals surface area contributed by atoms with Crippen LogP contribution in [0.3, 0.4) is 0 Å². The standard InChI is InChI=1S/C18H19N7O/c19-15-3-2-14-16(23-15)21-12-22-17(14)24-8-1-9-25(11-10-24)18(26)13-4-6-20-7-5-13/h2-7,12H,1,8-11H2,(H2,19,21,22,23). The smallest absolute Gasteiger partial charge is 0.254 e. The number of carbonyl (C=O) groups excluding carboxylic acids is 1. The monoisotopic (exact) mass is 349 g/mol. The van der Waals surface area contributed by atoms with Crippen molar-refractivity contribution in [3.63, 3.8) is 0 Å². The number of amides is 1. The van der Waals surface area contributed by atoms with Crippen LogP contribution in [0.15, 0.2) is 43.0 Å². The zero-order chi connectivity index (χ0) is 17.9. The number of hydrogen-bond donors (Lipinski definition) is 1. The van der Waals surface area contributed by atoms with Crippen LogP contribution in [0.4, 0.5) is 11.6 Å². The first-order valence-corrected chi connectivity index (χ1v) is 8.54. The Balaban J connectivity index is 1.55. The molecule has 1 aliphatic rings. The fourth-order valence-corrected chi connectivity index (χ4v) is 3.21. The van der Waals surface area contributed by atoms with Crippen molar-refractivity contribution in [2.45, 2.75) is 6.42 Å². The van der Waals surface area contributed by atoms with Gasteiger partial charge in [0.05, 0.1) is 5.39 Å². The zero-order valence-corrected chi connectivity index (χ0v) is 14.2. The number of nitrogens with zero attached hydrogens (tertiary/aromatic N) is 6. The largest absolute Gasteiger partial charge is 0.384 e. The van der Waals surface area contributed by atoms with E-state index in [-0.39, 0.29) is 5.91 Å². The molecule has 4 rings (SSSR count). The molecular weight excluding hydrogens is 330 g/mol.